The van der Waals surface area contributed by atoms with Gasteiger partial charge in [0.15, 0.2) is 0 Å². The predicted molar refractivity (Wildman–Crippen MR) is 73.1 cm³/mol. The average Bonchev–Trinajstić information content (AvgIpc) is 2.36. The van der Waals surface area contributed by atoms with Crippen LogP contribution >= 0.6 is 11.6 Å². The van der Waals surface area contributed by atoms with Crippen molar-refractivity contribution >= 4 is 11.6 Å². The number of nitrogens with one attached hydrogen (secondary N) is 1. The molecule has 0 bridgehead atoms. The van der Waals surface area contributed by atoms with Crippen LogP contribution < -0.4 is 5.32 Å². The first kappa shape index (κ1) is 14.0. The van der Waals surface area contributed by atoms with Crippen LogP contribution in [0.5, 0.6) is 0 Å². The molecular formula is C15H14ClF2N. The lowest BCUT2D eigenvalue weighted by Gasteiger charge is -2.07. The van der Waals surface area contributed by atoms with Gasteiger partial charge in [-0.05, 0) is 30.2 Å². The van der Waals surface area contributed by atoms with Crippen LogP contribution in [0.25, 0.3) is 0 Å². The van der Waals surface area contributed by atoms with Crippen molar-refractivity contribution in [1.82, 2.24) is 5.32 Å². The highest BCUT2D eigenvalue weighted by Crippen LogP contribution is 2.16. The second kappa shape index (κ2) is 6.13. The van der Waals surface area contributed by atoms with Crippen LogP contribution in [-0.4, -0.2) is 0 Å². The summed E-state index contributed by atoms with van der Waals surface area (Å²) < 4.78 is 26.1. The van der Waals surface area contributed by atoms with E-state index in [2.05, 4.69) is 5.32 Å². The molecule has 0 unspecified atom stereocenters. The molecule has 19 heavy (non-hydrogen) atoms. The first-order valence-corrected chi connectivity index (χ1v) is 6.34. The third kappa shape index (κ3) is 3.75. The van der Waals surface area contributed by atoms with Gasteiger partial charge in [-0.2, -0.15) is 0 Å². The summed E-state index contributed by atoms with van der Waals surface area (Å²) in [5, 5.41) is 3.82. The Labute approximate surface area is 116 Å². The third-order valence-electron chi connectivity index (χ3n) is 2.90. The third-order valence-corrected chi connectivity index (χ3v) is 3.30. The summed E-state index contributed by atoms with van der Waals surface area (Å²) in [7, 11) is 0. The topological polar surface area (TPSA) is 12.0 Å². The quantitative estimate of drug-likeness (QED) is 0.885. The Morgan fingerprint density at radius 2 is 1.84 bits per heavy atom. The van der Waals surface area contributed by atoms with Crippen LogP contribution in [0.2, 0.25) is 5.02 Å². The Bertz CT molecular complexity index is 584. The van der Waals surface area contributed by atoms with E-state index < -0.39 is 11.6 Å². The largest absolute Gasteiger partial charge is 0.309 e. The van der Waals surface area contributed by atoms with Gasteiger partial charge in [0.2, 0.25) is 0 Å². The molecule has 100 valence electrons. The zero-order valence-corrected chi connectivity index (χ0v) is 11.3. The van der Waals surface area contributed by atoms with Crippen molar-refractivity contribution in [3.05, 3.63) is 69.7 Å². The normalized spacial score (nSPS) is 10.7. The van der Waals surface area contributed by atoms with Crippen LogP contribution in [0.4, 0.5) is 8.78 Å². The Morgan fingerprint density at radius 1 is 1.05 bits per heavy atom. The molecule has 0 amide bonds. The molecule has 0 saturated carbocycles. The van der Waals surface area contributed by atoms with Crippen LogP contribution in [0.15, 0.2) is 36.4 Å². The minimum absolute atomic E-state index is 0.345. The van der Waals surface area contributed by atoms with E-state index in [0.717, 1.165) is 17.2 Å². The van der Waals surface area contributed by atoms with E-state index in [1.165, 1.54) is 12.1 Å². The SMILES string of the molecule is Cc1ccc(CNCc2ccc(F)cc2F)cc1Cl. The number of hydrogen-bond donors (Lipinski definition) is 1. The van der Waals surface area contributed by atoms with Gasteiger partial charge < -0.3 is 5.32 Å². The van der Waals surface area contributed by atoms with Gasteiger partial charge in [0.25, 0.3) is 0 Å². The smallest absolute Gasteiger partial charge is 0.130 e. The molecule has 2 aromatic carbocycles. The van der Waals surface area contributed by atoms with E-state index in [1.807, 2.05) is 25.1 Å². The molecule has 0 aliphatic heterocycles. The van der Waals surface area contributed by atoms with Crippen LogP contribution in [0, 0.1) is 18.6 Å². The van der Waals surface area contributed by atoms with Crippen molar-refractivity contribution in [2.45, 2.75) is 20.0 Å². The second-order valence-electron chi connectivity index (χ2n) is 4.42. The number of hydrogen-bond acceptors (Lipinski definition) is 1. The summed E-state index contributed by atoms with van der Waals surface area (Å²) in [6.45, 7) is 2.86. The summed E-state index contributed by atoms with van der Waals surface area (Å²) >= 11 is 6.02. The van der Waals surface area contributed by atoms with Gasteiger partial charge in [-0.3, -0.25) is 0 Å². The maximum atomic E-state index is 13.4. The zero-order chi connectivity index (χ0) is 13.8. The Hall–Kier alpha value is -1.45. The molecule has 1 N–H and O–H groups in total. The summed E-state index contributed by atoms with van der Waals surface area (Å²) in [4.78, 5) is 0. The lowest BCUT2D eigenvalue weighted by Crippen LogP contribution is -2.13. The fourth-order valence-corrected chi connectivity index (χ4v) is 1.96. The van der Waals surface area contributed by atoms with Gasteiger partial charge in [-0.15, -0.1) is 0 Å². The van der Waals surface area contributed by atoms with Crippen molar-refractivity contribution in [3.8, 4) is 0 Å². The fourth-order valence-electron chi connectivity index (χ4n) is 1.75. The molecule has 0 aliphatic carbocycles. The zero-order valence-electron chi connectivity index (χ0n) is 10.5. The molecule has 0 saturated heterocycles. The average molecular weight is 282 g/mol. The van der Waals surface area contributed by atoms with Crippen molar-refractivity contribution in [1.29, 1.82) is 0 Å². The summed E-state index contributed by atoms with van der Waals surface area (Å²) in [6.07, 6.45) is 0. The van der Waals surface area contributed by atoms with Crippen molar-refractivity contribution in [3.63, 3.8) is 0 Å². The highest BCUT2D eigenvalue weighted by atomic mass is 35.5. The second-order valence-corrected chi connectivity index (χ2v) is 4.83. The standard InChI is InChI=1S/C15H14ClF2N/c1-10-2-3-11(6-14(10)16)8-19-9-12-4-5-13(17)7-15(12)18/h2-7,19H,8-9H2,1H3. The minimum atomic E-state index is -0.563. The molecule has 0 aliphatic rings. The fraction of sp³-hybridized carbons (Fsp3) is 0.200. The van der Waals surface area contributed by atoms with Gasteiger partial charge >= 0.3 is 0 Å². The predicted octanol–water partition coefficient (Wildman–Crippen LogP) is 4.22. The molecule has 0 spiro atoms. The molecule has 2 aromatic rings. The van der Waals surface area contributed by atoms with Crippen molar-refractivity contribution in [2.24, 2.45) is 0 Å². The van der Waals surface area contributed by atoms with Crippen LogP contribution in [0.3, 0.4) is 0 Å². The molecule has 0 fully saturated rings. The van der Waals surface area contributed by atoms with Gasteiger partial charge in [0, 0.05) is 29.7 Å². The first-order valence-electron chi connectivity index (χ1n) is 5.96. The monoisotopic (exact) mass is 281 g/mol. The van der Waals surface area contributed by atoms with E-state index in [0.29, 0.717) is 23.7 Å². The maximum absolute atomic E-state index is 13.4. The van der Waals surface area contributed by atoms with Gasteiger partial charge in [-0.1, -0.05) is 29.8 Å². The van der Waals surface area contributed by atoms with Gasteiger partial charge in [0.05, 0.1) is 0 Å². The van der Waals surface area contributed by atoms with E-state index >= 15 is 0 Å². The molecule has 2 rings (SSSR count). The summed E-state index contributed by atoms with van der Waals surface area (Å²) in [5.41, 5.74) is 2.49. The van der Waals surface area contributed by atoms with E-state index in [9.17, 15) is 8.78 Å². The van der Waals surface area contributed by atoms with Crippen molar-refractivity contribution < 1.29 is 8.78 Å². The van der Waals surface area contributed by atoms with Crippen LogP contribution in [0.1, 0.15) is 16.7 Å². The molecule has 0 heterocycles. The molecule has 1 nitrogen and oxygen atoms in total. The van der Waals surface area contributed by atoms with Crippen molar-refractivity contribution in [2.75, 3.05) is 0 Å². The maximum Gasteiger partial charge on any atom is 0.130 e. The van der Waals surface area contributed by atoms with E-state index in [-0.39, 0.29) is 0 Å². The molecule has 0 radical (unpaired) electrons. The Morgan fingerprint density at radius 3 is 2.53 bits per heavy atom. The lowest BCUT2D eigenvalue weighted by molar-refractivity contribution is 0.560. The summed E-state index contributed by atoms with van der Waals surface area (Å²) in [5.74, 6) is -1.10. The van der Waals surface area contributed by atoms with Crippen LogP contribution in [-0.2, 0) is 13.1 Å². The number of benzene rings is 2. The lowest BCUT2D eigenvalue weighted by atomic mass is 10.1. The molecule has 0 aromatic heterocycles. The Kier molecular flexibility index (Phi) is 4.51. The number of aryl methyl sites for hydroxylation is 1. The highest BCUT2D eigenvalue weighted by molar-refractivity contribution is 6.31. The molecule has 0 atom stereocenters. The van der Waals surface area contributed by atoms with Gasteiger partial charge in [-0.25, -0.2) is 8.78 Å². The van der Waals surface area contributed by atoms with E-state index in [4.69, 9.17) is 11.6 Å². The summed E-state index contributed by atoms with van der Waals surface area (Å²) in [6, 6.07) is 9.38. The van der Waals surface area contributed by atoms with Gasteiger partial charge in [0.1, 0.15) is 11.6 Å². The first-order chi connectivity index (χ1) is 9.06. The molecular weight excluding hydrogens is 268 g/mol. The number of rotatable bonds is 4. The number of halogens is 3. The molecule has 4 heteroatoms. The minimum Gasteiger partial charge on any atom is -0.309 e. The van der Waals surface area contributed by atoms with E-state index in [1.54, 1.807) is 0 Å². The Balaban J connectivity index is 1.94. The highest BCUT2D eigenvalue weighted by Gasteiger charge is 2.03.